The quantitative estimate of drug-likeness (QED) is 0.216. The molecule has 2 N–H and O–H groups in total. The number of amides is 2. The van der Waals surface area contributed by atoms with Crippen molar-refractivity contribution in [1.29, 1.82) is 0 Å². The van der Waals surface area contributed by atoms with Crippen molar-refractivity contribution in [3.05, 3.63) is 95.6 Å². The van der Waals surface area contributed by atoms with Gasteiger partial charge < -0.3 is 10.1 Å². The third-order valence-electron chi connectivity index (χ3n) is 3.87. The van der Waals surface area contributed by atoms with Crippen LogP contribution in [0.4, 0.5) is 14.5 Å². The number of nitrogens with one attached hydrogen (secondary N) is 2. The predicted molar refractivity (Wildman–Crippen MR) is 109 cm³/mol. The Hall–Kier alpha value is -4.40. The number of ether oxygens (including phenoxy) is 1. The fraction of sp³-hybridized carbons (Fsp3) is 0. The molecule has 0 heterocycles. The van der Waals surface area contributed by atoms with Gasteiger partial charge in [-0.1, -0.05) is 12.1 Å². The second-order valence-corrected chi connectivity index (χ2v) is 6.10. The molecule has 3 aromatic rings. The van der Waals surface area contributed by atoms with E-state index < -0.39 is 29.4 Å². The van der Waals surface area contributed by atoms with Crippen LogP contribution < -0.4 is 15.5 Å². The van der Waals surface area contributed by atoms with Crippen LogP contribution in [0.15, 0.2) is 77.9 Å². The Morgan fingerprint density at radius 3 is 2.19 bits per heavy atom. The van der Waals surface area contributed by atoms with Crippen LogP contribution in [0.5, 0.6) is 5.75 Å². The highest BCUT2D eigenvalue weighted by atomic mass is 19.1. The van der Waals surface area contributed by atoms with E-state index in [1.165, 1.54) is 60.8 Å². The molecule has 3 aromatic carbocycles. The molecule has 3 rings (SSSR count). The molecule has 156 valence electrons. The van der Waals surface area contributed by atoms with Gasteiger partial charge in [-0.2, -0.15) is 5.10 Å². The first-order chi connectivity index (χ1) is 14.9. The van der Waals surface area contributed by atoms with Crippen molar-refractivity contribution in [3.8, 4) is 5.75 Å². The van der Waals surface area contributed by atoms with Crippen molar-refractivity contribution in [2.24, 2.45) is 5.10 Å². The summed E-state index contributed by atoms with van der Waals surface area (Å²) in [6.07, 6.45) is 1.27. The van der Waals surface area contributed by atoms with Crippen LogP contribution in [0, 0.1) is 11.6 Å². The summed E-state index contributed by atoms with van der Waals surface area (Å²) < 4.78 is 31.6. The molecule has 0 bridgehead atoms. The Morgan fingerprint density at radius 2 is 1.52 bits per heavy atom. The van der Waals surface area contributed by atoms with Crippen LogP contribution in [0.3, 0.4) is 0 Å². The van der Waals surface area contributed by atoms with Crippen molar-refractivity contribution < 1.29 is 27.9 Å². The van der Waals surface area contributed by atoms with Crippen molar-refractivity contribution in [2.45, 2.75) is 0 Å². The maximum atomic E-state index is 13.6. The van der Waals surface area contributed by atoms with E-state index in [1.807, 2.05) is 0 Å². The van der Waals surface area contributed by atoms with Gasteiger partial charge in [0.1, 0.15) is 17.4 Å². The average Bonchev–Trinajstić information content (AvgIpc) is 2.76. The van der Waals surface area contributed by atoms with Crippen LogP contribution in [0.2, 0.25) is 0 Å². The number of rotatable bonds is 5. The minimum absolute atomic E-state index is 0.185. The normalized spacial score (nSPS) is 10.5. The highest BCUT2D eigenvalue weighted by Gasteiger charge is 2.14. The first-order valence-electron chi connectivity index (χ1n) is 8.89. The van der Waals surface area contributed by atoms with Crippen LogP contribution in [-0.4, -0.2) is 24.0 Å². The SMILES string of the molecule is O=C(N/N=C\c1ccc(OC(=O)c2ccccc2F)cc1)C(=O)Nc1ccc(F)cc1. The zero-order valence-electron chi connectivity index (χ0n) is 15.8. The van der Waals surface area contributed by atoms with E-state index in [9.17, 15) is 23.2 Å². The number of esters is 1. The van der Waals surface area contributed by atoms with E-state index in [1.54, 1.807) is 0 Å². The lowest BCUT2D eigenvalue weighted by Crippen LogP contribution is -2.32. The number of hydrogen-bond acceptors (Lipinski definition) is 5. The Balaban J connectivity index is 1.51. The highest BCUT2D eigenvalue weighted by Crippen LogP contribution is 2.15. The smallest absolute Gasteiger partial charge is 0.346 e. The Morgan fingerprint density at radius 1 is 0.839 bits per heavy atom. The lowest BCUT2D eigenvalue weighted by molar-refractivity contribution is -0.136. The lowest BCUT2D eigenvalue weighted by atomic mass is 10.2. The van der Waals surface area contributed by atoms with Gasteiger partial charge in [-0.05, 0) is 66.2 Å². The third kappa shape index (κ3) is 6.04. The van der Waals surface area contributed by atoms with Crippen LogP contribution in [0.1, 0.15) is 15.9 Å². The summed E-state index contributed by atoms with van der Waals surface area (Å²) in [5, 5.41) is 5.96. The number of carbonyl (C=O) groups excluding carboxylic acids is 3. The van der Waals surface area contributed by atoms with Crippen LogP contribution in [-0.2, 0) is 9.59 Å². The lowest BCUT2D eigenvalue weighted by Gasteiger charge is -2.05. The average molecular weight is 423 g/mol. The summed E-state index contributed by atoms with van der Waals surface area (Å²) >= 11 is 0. The Kier molecular flexibility index (Phi) is 6.79. The fourth-order valence-electron chi connectivity index (χ4n) is 2.35. The second kappa shape index (κ2) is 9.88. The van der Waals surface area contributed by atoms with Crippen molar-refractivity contribution in [2.75, 3.05) is 5.32 Å². The molecular weight excluding hydrogens is 408 g/mol. The van der Waals surface area contributed by atoms with Gasteiger partial charge in [-0.3, -0.25) is 9.59 Å². The van der Waals surface area contributed by atoms with E-state index in [4.69, 9.17) is 4.74 Å². The van der Waals surface area contributed by atoms with Crippen LogP contribution in [0.25, 0.3) is 0 Å². The maximum absolute atomic E-state index is 13.6. The minimum Gasteiger partial charge on any atom is -0.423 e. The van der Waals surface area contributed by atoms with Crippen molar-refractivity contribution >= 4 is 29.7 Å². The first kappa shape index (κ1) is 21.3. The van der Waals surface area contributed by atoms with Gasteiger partial charge in [0, 0.05) is 5.69 Å². The highest BCUT2D eigenvalue weighted by molar-refractivity contribution is 6.39. The molecule has 0 unspecified atom stereocenters. The summed E-state index contributed by atoms with van der Waals surface area (Å²) in [7, 11) is 0. The molecule has 0 spiro atoms. The molecule has 0 fully saturated rings. The molecule has 0 aliphatic rings. The van der Waals surface area contributed by atoms with E-state index in [-0.39, 0.29) is 17.0 Å². The number of nitrogens with zero attached hydrogens (tertiary/aromatic N) is 1. The molecule has 31 heavy (non-hydrogen) atoms. The molecule has 0 saturated carbocycles. The van der Waals surface area contributed by atoms with Gasteiger partial charge in [0.2, 0.25) is 0 Å². The van der Waals surface area contributed by atoms with Gasteiger partial charge in [0.05, 0.1) is 11.8 Å². The van der Waals surface area contributed by atoms with Crippen LogP contribution >= 0.6 is 0 Å². The Bertz CT molecular complexity index is 1130. The molecule has 0 saturated heterocycles. The molecule has 7 nitrogen and oxygen atoms in total. The number of benzene rings is 3. The van der Waals surface area contributed by atoms with Gasteiger partial charge in [-0.15, -0.1) is 0 Å². The monoisotopic (exact) mass is 423 g/mol. The summed E-state index contributed by atoms with van der Waals surface area (Å²) in [5.41, 5.74) is 2.66. The summed E-state index contributed by atoms with van der Waals surface area (Å²) in [6.45, 7) is 0. The molecule has 9 heteroatoms. The van der Waals surface area contributed by atoms with Gasteiger partial charge in [-0.25, -0.2) is 19.0 Å². The fourth-order valence-corrected chi connectivity index (χ4v) is 2.35. The summed E-state index contributed by atoms with van der Waals surface area (Å²) in [4.78, 5) is 35.5. The number of anilines is 1. The molecule has 2 amide bonds. The number of hydrazone groups is 1. The topological polar surface area (TPSA) is 96.9 Å². The molecule has 0 atom stereocenters. The third-order valence-corrected chi connectivity index (χ3v) is 3.87. The van der Waals surface area contributed by atoms with E-state index in [2.05, 4.69) is 15.8 Å². The molecule has 0 aromatic heterocycles. The van der Waals surface area contributed by atoms with Gasteiger partial charge in [0.25, 0.3) is 0 Å². The zero-order valence-corrected chi connectivity index (χ0v) is 15.8. The molecule has 0 radical (unpaired) electrons. The number of halogens is 2. The standard InChI is InChI=1S/C22H15F2N3O4/c23-15-7-9-16(10-8-15)26-20(28)21(29)27-25-13-14-5-11-17(12-6-14)31-22(30)18-3-1-2-4-19(18)24/h1-13H,(H,26,28)(H,27,29)/b25-13-. The first-order valence-corrected chi connectivity index (χ1v) is 8.89. The number of hydrogen-bond donors (Lipinski definition) is 2. The van der Waals surface area contributed by atoms with Gasteiger partial charge >= 0.3 is 17.8 Å². The largest absolute Gasteiger partial charge is 0.423 e. The zero-order chi connectivity index (χ0) is 22.2. The molecule has 0 aliphatic heterocycles. The maximum Gasteiger partial charge on any atom is 0.346 e. The van der Waals surface area contributed by atoms with E-state index in [0.717, 1.165) is 18.2 Å². The summed E-state index contributed by atoms with van der Waals surface area (Å²) in [5.74, 6) is -3.79. The minimum atomic E-state index is -1.02. The second-order valence-electron chi connectivity index (χ2n) is 6.10. The predicted octanol–water partition coefficient (Wildman–Crippen LogP) is 3.27. The van der Waals surface area contributed by atoms with E-state index >= 15 is 0 Å². The molecular formula is C22H15F2N3O4. The number of carbonyl (C=O) groups is 3. The summed E-state index contributed by atoms with van der Waals surface area (Å²) in [6, 6.07) is 16.4. The van der Waals surface area contributed by atoms with Gasteiger partial charge in [0.15, 0.2) is 0 Å². The van der Waals surface area contributed by atoms with E-state index in [0.29, 0.717) is 5.56 Å². The van der Waals surface area contributed by atoms with Crippen molar-refractivity contribution in [3.63, 3.8) is 0 Å². The Labute approximate surface area is 175 Å². The van der Waals surface area contributed by atoms with Crippen molar-refractivity contribution in [1.82, 2.24) is 5.43 Å². The molecule has 0 aliphatic carbocycles.